The van der Waals surface area contributed by atoms with Crippen molar-refractivity contribution >= 4 is 24.0 Å². The third kappa shape index (κ3) is 2.40. The van der Waals surface area contributed by atoms with Gasteiger partial charge in [0, 0.05) is 23.6 Å². The van der Waals surface area contributed by atoms with Crippen LogP contribution in [0.25, 0.3) is 0 Å². The van der Waals surface area contributed by atoms with Crippen molar-refractivity contribution in [3.8, 4) is 0 Å². The first-order valence-corrected chi connectivity index (χ1v) is 7.11. The van der Waals surface area contributed by atoms with E-state index in [2.05, 4.69) is 16.5 Å². The van der Waals surface area contributed by atoms with Crippen molar-refractivity contribution in [1.82, 2.24) is 9.55 Å². The molecule has 1 aromatic rings. The summed E-state index contributed by atoms with van der Waals surface area (Å²) in [5.41, 5.74) is -0.112. The van der Waals surface area contributed by atoms with Crippen molar-refractivity contribution in [2.75, 3.05) is 5.75 Å². The molecule has 0 aromatic carbocycles. The quantitative estimate of drug-likeness (QED) is 0.845. The molecular weight excluding hydrogens is 240 g/mol. The molecule has 88 valence electrons. The average Bonchev–Trinajstić information content (AvgIpc) is 2.67. The van der Waals surface area contributed by atoms with E-state index in [0.29, 0.717) is 16.1 Å². The van der Waals surface area contributed by atoms with Gasteiger partial charge in [-0.25, -0.2) is 0 Å². The van der Waals surface area contributed by atoms with Crippen LogP contribution >= 0.6 is 24.0 Å². The van der Waals surface area contributed by atoms with Crippen LogP contribution < -0.4 is 5.56 Å². The fourth-order valence-corrected chi connectivity index (χ4v) is 3.87. The lowest BCUT2D eigenvalue weighted by molar-refractivity contribution is 0.509. The molecule has 1 aliphatic carbocycles. The number of thioether (sulfide) groups is 1. The summed E-state index contributed by atoms with van der Waals surface area (Å²) in [5, 5.41) is 0.641. The van der Waals surface area contributed by atoms with Gasteiger partial charge in [-0.3, -0.25) is 9.78 Å². The SMILES string of the molecule is CCSC1CCCC1n1ccc(=O)[nH]c1=S. The molecule has 2 atom stereocenters. The molecule has 3 nitrogen and oxygen atoms in total. The predicted molar refractivity (Wildman–Crippen MR) is 70.7 cm³/mol. The summed E-state index contributed by atoms with van der Waals surface area (Å²) in [4.78, 5) is 13.8. The summed E-state index contributed by atoms with van der Waals surface area (Å²) in [5.74, 6) is 1.14. The monoisotopic (exact) mass is 256 g/mol. The standard InChI is InChI=1S/C11H16N2OS2/c1-2-16-9-5-3-4-8(9)13-7-6-10(14)12-11(13)15/h6-9H,2-5H2,1H3,(H,12,14,15). The van der Waals surface area contributed by atoms with Gasteiger partial charge in [0.2, 0.25) is 0 Å². The summed E-state index contributed by atoms with van der Waals surface area (Å²) in [7, 11) is 0. The molecular formula is C11H16N2OS2. The smallest absolute Gasteiger partial charge is 0.251 e. The Kier molecular flexibility index (Phi) is 3.86. The molecule has 0 bridgehead atoms. The number of aromatic amines is 1. The van der Waals surface area contributed by atoms with Crippen LogP contribution in [0.5, 0.6) is 0 Å². The van der Waals surface area contributed by atoms with Crippen LogP contribution in [0.3, 0.4) is 0 Å². The van der Waals surface area contributed by atoms with Crippen LogP contribution in [-0.2, 0) is 0 Å². The van der Waals surface area contributed by atoms with Crippen molar-refractivity contribution in [1.29, 1.82) is 0 Å². The highest BCUT2D eigenvalue weighted by Crippen LogP contribution is 2.38. The maximum absolute atomic E-state index is 11.1. The van der Waals surface area contributed by atoms with Crippen molar-refractivity contribution in [2.45, 2.75) is 37.5 Å². The fraction of sp³-hybridized carbons (Fsp3) is 0.636. The normalized spacial score (nSPS) is 24.8. The molecule has 0 radical (unpaired) electrons. The maximum Gasteiger partial charge on any atom is 0.251 e. The van der Waals surface area contributed by atoms with E-state index in [-0.39, 0.29) is 5.56 Å². The lowest BCUT2D eigenvalue weighted by Crippen LogP contribution is -2.20. The lowest BCUT2D eigenvalue weighted by Gasteiger charge is -2.21. The Morgan fingerprint density at radius 3 is 3.12 bits per heavy atom. The second kappa shape index (κ2) is 5.19. The number of rotatable bonds is 3. The van der Waals surface area contributed by atoms with Gasteiger partial charge in [0.15, 0.2) is 4.77 Å². The molecule has 1 aliphatic rings. The molecule has 5 heteroatoms. The fourth-order valence-electron chi connectivity index (χ4n) is 2.32. The second-order valence-corrected chi connectivity index (χ2v) is 5.91. The van der Waals surface area contributed by atoms with E-state index in [1.807, 2.05) is 18.0 Å². The Morgan fingerprint density at radius 2 is 2.44 bits per heavy atom. The Bertz CT molecular complexity index is 466. The van der Waals surface area contributed by atoms with Gasteiger partial charge in [-0.05, 0) is 30.8 Å². The van der Waals surface area contributed by atoms with E-state index in [4.69, 9.17) is 12.2 Å². The molecule has 0 saturated heterocycles. The number of nitrogens with zero attached hydrogens (tertiary/aromatic N) is 1. The zero-order chi connectivity index (χ0) is 11.5. The topological polar surface area (TPSA) is 37.8 Å². The summed E-state index contributed by atoms with van der Waals surface area (Å²) in [6.07, 6.45) is 5.51. The summed E-state index contributed by atoms with van der Waals surface area (Å²) < 4.78 is 2.61. The first kappa shape index (κ1) is 11.9. The van der Waals surface area contributed by atoms with E-state index < -0.39 is 0 Å². The van der Waals surface area contributed by atoms with Crippen LogP contribution in [0.1, 0.15) is 32.2 Å². The van der Waals surface area contributed by atoms with Crippen LogP contribution in [-0.4, -0.2) is 20.6 Å². The van der Waals surface area contributed by atoms with Crippen LogP contribution in [0.2, 0.25) is 0 Å². The molecule has 2 unspecified atom stereocenters. The van der Waals surface area contributed by atoms with Crippen LogP contribution in [0, 0.1) is 4.77 Å². The molecule has 0 spiro atoms. The van der Waals surface area contributed by atoms with Crippen molar-refractivity contribution in [2.24, 2.45) is 0 Å². The summed E-state index contributed by atoms with van der Waals surface area (Å²) in [6.45, 7) is 2.19. The first-order chi connectivity index (χ1) is 7.72. The van der Waals surface area contributed by atoms with E-state index in [0.717, 1.165) is 12.2 Å². The maximum atomic E-state index is 11.1. The molecule has 0 aliphatic heterocycles. The number of H-pyrrole nitrogens is 1. The molecule has 2 rings (SSSR count). The Labute approximate surface area is 104 Å². The third-order valence-electron chi connectivity index (χ3n) is 3.01. The van der Waals surface area contributed by atoms with Gasteiger partial charge >= 0.3 is 0 Å². The Balaban J connectivity index is 2.29. The highest BCUT2D eigenvalue weighted by Gasteiger charge is 2.28. The second-order valence-electron chi connectivity index (χ2n) is 4.01. The van der Waals surface area contributed by atoms with Crippen molar-refractivity contribution in [3.05, 3.63) is 27.4 Å². The van der Waals surface area contributed by atoms with E-state index in [1.54, 1.807) is 6.07 Å². The summed E-state index contributed by atoms with van der Waals surface area (Å²) in [6, 6.07) is 2.01. The Hall–Kier alpha value is -0.550. The van der Waals surface area contributed by atoms with Gasteiger partial charge in [-0.15, -0.1) is 0 Å². The number of nitrogens with one attached hydrogen (secondary N) is 1. The Morgan fingerprint density at radius 1 is 1.62 bits per heavy atom. The predicted octanol–water partition coefficient (Wildman–Crippen LogP) is 2.75. The highest BCUT2D eigenvalue weighted by atomic mass is 32.2. The molecule has 1 heterocycles. The molecule has 1 N–H and O–H groups in total. The number of hydrogen-bond acceptors (Lipinski definition) is 3. The average molecular weight is 256 g/mol. The number of aromatic nitrogens is 2. The van der Waals surface area contributed by atoms with Gasteiger partial charge in [0.05, 0.1) is 0 Å². The largest absolute Gasteiger partial charge is 0.321 e. The first-order valence-electron chi connectivity index (χ1n) is 5.65. The van der Waals surface area contributed by atoms with E-state index >= 15 is 0 Å². The van der Waals surface area contributed by atoms with E-state index in [1.165, 1.54) is 12.8 Å². The summed E-state index contributed by atoms with van der Waals surface area (Å²) >= 11 is 7.21. The molecule has 0 amide bonds. The van der Waals surface area contributed by atoms with Gasteiger partial charge in [0.1, 0.15) is 0 Å². The minimum Gasteiger partial charge on any atom is -0.321 e. The third-order valence-corrected chi connectivity index (χ3v) is 4.63. The van der Waals surface area contributed by atoms with Gasteiger partial charge < -0.3 is 4.57 Å². The van der Waals surface area contributed by atoms with Gasteiger partial charge in [0.25, 0.3) is 5.56 Å². The van der Waals surface area contributed by atoms with Crippen molar-refractivity contribution < 1.29 is 0 Å². The van der Waals surface area contributed by atoms with Gasteiger partial charge in [-0.1, -0.05) is 13.3 Å². The van der Waals surface area contributed by atoms with Crippen LogP contribution in [0.4, 0.5) is 0 Å². The zero-order valence-electron chi connectivity index (χ0n) is 9.31. The molecule has 1 aromatic heterocycles. The zero-order valence-corrected chi connectivity index (χ0v) is 10.9. The number of hydrogen-bond donors (Lipinski definition) is 1. The van der Waals surface area contributed by atoms with Crippen molar-refractivity contribution in [3.63, 3.8) is 0 Å². The molecule has 16 heavy (non-hydrogen) atoms. The minimum absolute atomic E-state index is 0.112. The van der Waals surface area contributed by atoms with Crippen LogP contribution in [0.15, 0.2) is 17.1 Å². The van der Waals surface area contributed by atoms with E-state index in [9.17, 15) is 4.79 Å². The molecule has 1 saturated carbocycles. The lowest BCUT2D eigenvalue weighted by atomic mass is 10.2. The molecule has 1 fully saturated rings. The minimum atomic E-state index is -0.112. The van der Waals surface area contributed by atoms with Gasteiger partial charge in [-0.2, -0.15) is 11.8 Å². The highest BCUT2D eigenvalue weighted by molar-refractivity contribution is 7.99.